The average Bonchev–Trinajstić information content (AvgIpc) is 2.42. The molecule has 0 bridgehead atoms. The molecule has 20 heavy (non-hydrogen) atoms. The molecule has 106 valence electrons. The largest absolute Gasteiger partial charge is 0.388 e. The van der Waals surface area contributed by atoms with Crippen molar-refractivity contribution in [2.45, 2.75) is 32.3 Å². The topological polar surface area (TPSA) is 20.2 Å². The van der Waals surface area contributed by atoms with Crippen molar-refractivity contribution in [1.82, 2.24) is 0 Å². The Morgan fingerprint density at radius 2 is 1.75 bits per heavy atom. The van der Waals surface area contributed by atoms with Gasteiger partial charge >= 0.3 is 0 Å². The van der Waals surface area contributed by atoms with E-state index in [1.807, 2.05) is 24.3 Å². The van der Waals surface area contributed by atoms with Crippen LogP contribution in [0, 0.1) is 5.82 Å². The van der Waals surface area contributed by atoms with E-state index in [0.29, 0.717) is 12.3 Å². The van der Waals surface area contributed by atoms with Crippen molar-refractivity contribution < 1.29 is 9.50 Å². The molecule has 0 aliphatic rings. The van der Waals surface area contributed by atoms with E-state index in [-0.39, 0.29) is 10.6 Å². The lowest BCUT2D eigenvalue weighted by Crippen LogP contribution is -2.05. The van der Waals surface area contributed by atoms with E-state index in [1.54, 1.807) is 12.1 Å². The Hall–Kier alpha value is -1.38. The summed E-state index contributed by atoms with van der Waals surface area (Å²) in [5.74, 6) is -0.0696. The fraction of sp³-hybridized carbons (Fsp3) is 0.294. The number of aliphatic hydroxyl groups excluding tert-OH is 1. The lowest BCUT2D eigenvalue weighted by Gasteiger charge is -2.13. The zero-order chi connectivity index (χ0) is 14.7. The number of rotatable bonds is 4. The van der Waals surface area contributed by atoms with Crippen LogP contribution in [0.3, 0.4) is 0 Å². The van der Waals surface area contributed by atoms with Crippen LogP contribution in [0.15, 0.2) is 42.5 Å². The van der Waals surface area contributed by atoms with Crippen LogP contribution in [0.5, 0.6) is 0 Å². The van der Waals surface area contributed by atoms with E-state index in [2.05, 4.69) is 13.8 Å². The molecular weight excluding hydrogens is 275 g/mol. The molecule has 0 aliphatic carbocycles. The van der Waals surface area contributed by atoms with Gasteiger partial charge < -0.3 is 5.11 Å². The Bertz CT molecular complexity index is 578. The van der Waals surface area contributed by atoms with Crippen molar-refractivity contribution >= 4 is 11.6 Å². The summed E-state index contributed by atoms with van der Waals surface area (Å²) in [4.78, 5) is 0. The predicted octanol–water partition coefficient (Wildman–Crippen LogP) is 4.88. The highest BCUT2D eigenvalue weighted by molar-refractivity contribution is 6.30. The second-order valence-electron chi connectivity index (χ2n) is 5.26. The van der Waals surface area contributed by atoms with Gasteiger partial charge in [-0.2, -0.15) is 0 Å². The number of aliphatic hydroxyl groups is 1. The minimum Gasteiger partial charge on any atom is -0.388 e. The van der Waals surface area contributed by atoms with Gasteiger partial charge in [0, 0.05) is 12.0 Å². The number of hydrogen-bond donors (Lipinski definition) is 1. The van der Waals surface area contributed by atoms with E-state index in [0.717, 1.165) is 5.56 Å². The highest BCUT2D eigenvalue weighted by Crippen LogP contribution is 2.26. The summed E-state index contributed by atoms with van der Waals surface area (Å²) in [6.07, 6.45) is -0.520. The first-order chi connectivity index (χ1) is 9.49. The van der Waals surface area contributed by atoms with Gasteiger partial charge in [0.05, 0.1) is 11.1 Å². The van der Waals surface area contributed by atoms with Gasteiger partial charge in [-0.1, -0.05) is 61.8 Å². The summed E-state index contributed by atoms with van der Waals surface area (Å²) in [6, 6.07) is 12.7. The maximum absolute atomic E-state index is 13.8. The molecule has 0 heterocycles. The van der Waals surface area contributed by atoms with Crippen molar-refractivity contribution in [3.8, 4) is 0 Å². The molecule has 0 radical (unpaired) electrons. The van der Waals surface area contributed by atoms with E-state index in [9.17, 15) is 9.50 Å². The third-order valence-corrected chi connectivity index (χ3v) is 3.71. The van der Waals surface area contributed by atoms with Crippen molar-refractivity contribution in [3.63, 3.8) is 0 Å². The van der Waals surface area contributed by atoms with Crippen LogP contribution < -0.4 is 0 Å². The van der Waals surface area contributed by atoms with Crippen LogP contribution in [0.1, 0.15) is 42.6 Å². The minimum absolute atomic E-state index is 0.0386. The first kappa shape index (κ1) is 15.0. The molecule has 2 aromatic carbocycles. The van der Waals surface area contributed by atoms with Gasteiger partial charge in [0.25, 0.3) is 0 Å². The normalized spacial score (nSPS) is 12.7. The van der Waals surface area contributed by atoms with Crippen LogP contribution in [0.2, 0.25) is 5.02 Å². The van der Waals surface area contributed by atoms with E-state index < -0.39 is 11.9 Å². The molecular formula is C17H18ClFO. The Morgan fingerprint density at radius 3 is 2.35 bits per heavy atom. The molecule has 1 nitrogen and oxygen atoms in total. The maximum atomic E-state index is 13.8. The van der Waals surface area contributed by atoms with Crippen molar-refractivity contribution in [2.24, 2.45) is 0 Å². The predicted molar refractivity (Wildman–Crippen MR) is 80.6 cm³/mol. The van der Waals surface area contributed by atoms with Gasteiger partial charge in [-0.25, -0.2) is 4.39 Å². The summed E-state index contributed by atoms with van der Waals surface area (Å²) < 4.78 is 13.8. The molecule has 0 saturated carbocycles. The van der Waals surface area contributed by atoms with Crippen LogP contribution in [0.25, 0.3) is 0 Å². The lowest BCUT2D eigenvalue weighted by atomic mass is 9.97. The SMILES string of the molecule is CC(C)c1ccc(CC(O)c2cccc(Cl)c2F)cc1. The molecule has 1 atom stereocenters. The Morgan fingerprint density at radius 1 is 1.10 bits per heavy atom. The van der Waals surface area contributed by atoms with E-state index >= 15 is 0 Å². The Labute approximate surface area is 124 Å². The van der Waals surface area contributed by atoms with Gasteiger partial charge in [-0.3, -0.25) is 0 Å². The van der Waals surface area contributed by atoms with Gasteiger partial charge in [0.15, 0.2) is 0 Å². The number of hydrogen-bond acceptors (Lipinski definition) is 1. The van der Waals surface area contributed by atoms with Gasteiger partial charge in [-0.15, -0.1) is 0 Å². The molecule has 0 fully saturated rings. The van der Waals surface area contributed by atoms with E-state index in [1.165, 1.54) is 11.6 Å². The van der Waals surface area contributed by atoms with Gasteiger partial charge in [0.1, 0.15) is 5.82 Å². The van der Waals surface area contributed by atoms with Gasteiger partial charge in [-0.05, 0) is 23.1 Å². The van der Waals surface area contributed by atoms with Crippen LogP contribution in [0.4, 0.5) is 4.39 Å². The lowest BCUT2D eigenvalue weighted by molar-refractivity contribution is 0.173. The summed E-state index contributed by atoms with van der Waals surface area (Å²) in [5.41, 5.74) is 2.46. The average molecular weight is 293 g/mol. The molecule has 0 saturated heterocycles. The Balaban J connectivity index is 2.15. The second-order valence-corrected chi connectivity index (χ2v) is 5.67. The first-order valence-electron chi connectivity index (χ1n) is 6.70. The molecule has 0 amide bonds. The van der Waals surface area contributed by atoms with Crippen LogP contribution >= 0.6 is 11.6 Å². The molecule has 1 N–H and O–H groups in total. The van der Waals surface area contributed by atoms with E-state index in [4.69, 9.17) is 11.6 Å². The summed E-state index contributed by atoms with van der Waals surface area (Å²) in [7, 11) is 0. The zero-order valence-electron chi connectivity index (χ0n) is 11.6. The molecule has 3 heteroatoms. The monoisotopic (exact) mass is 292 g/mol. The third-order valence-electron chi connectivity index (χ3n) is 3.42. The van der Waals surface area contributed by atoms with Crippen LogP contribution in [-0.4, -0.2) is 5.11 Å². The van der Waals surface area contributed by atoms with Crippen molar-refractivity contribution in [1.29, 1.82) is 0 Å². The molecule has 1 unspecified atom stereocenters. The van der Waals surface area contributed by atoms with Gasteiger partial charge in [0.2, 0.25) is 0 Å². The standard InChI is InChI=1S/C17H18ClFO/c1-11(2)13-8-6-12(7-9-13)10-16(20)14-4-3-5-15(18)17(14)19/h3-9,11,16,20H,10H2,1-2H3. The summed E-state index contributed by atoms with van der Waals surface area (Å²) in [5, 5.41) is 10.2. The molecule has 0 spiro atoms. The quantitative estimate of drug-likeness (QED) is 0.851. The second kappa shape index (κ2) is 6.38. The maximum Gasteiger partial charge on any atom is 0.147 e. The number of halogens is 2. The van der Waals surface area contributed by atoms with Crippen LogP contribution in [-0.2, 0) is 6.42 Å². The zero-order valence-corrected chi connectivity index (χ0v) is 12.4. The highest BCUT2D eigenvalue weighted by atomic mass is 35.5. The smallest absolute Gasteiger partial charge is 0.147 e. The van der Waals surface area contributed by atoms with Crippen molar-refractivity contribution in [3.05, 3.63) is 70.0 Å². The fourth-order valence-electron chi connectivity index (χ4n) is 2.15. The minimum atomic E-state index is -0.890. The molecule has 0 aliphatic heterocycles. The fourth-order valence-corrected chi connectivity index (χ4v) is 2.33. The summed E-state index contributed by atoms with van der Waals surface area (Å²) in [6.45, 7) is 4.26. The first-order valence-corrected chi connectivity index (χ1v) is 7.07. The number of benzene rings is 2. The summed E-state index contributed by atoms with van der Waals surface area (Å²) >= 11 is 5.73. The Kier molecular flexibility index (Phi) is 4.79. The van der Waals surface area contributed by atoms with Crippen molar-refractivity contribution in [2.75, 3.05) is 0 Å². The highest BCUT2D eigenvalue weighted by Gasteiger charge is 2.15. The molecule has 2 aromatic rings. The molecule has 0 aromatic heterocycles. The third kappa shape index (κ3) is 3.38. The molecule has 2 rings (SSSR count).